The summed E-state index contributed by atoms with van der Waals surface area (Å²) in [6, 6.07) is 5.88. The number of amides is 1. The summed E-state index contributed by atoms with van der Waals surface area (Å²) in [7, 11) is -1.12. The van der Waals surface area contributed by atoms with Crippen LogP contribution in [0.2, 0.25) is 0 Å². The van der Waals surface area contributed by atoms with Crippen LogP contribution in [0.3, 0.4) is 0 Å². The molecule has 8 heteroatoms. The molecule has 7 nitrogen and oxygen atoms in total. The molecular weight excluding hydrogens is 332 g/mol. The van der Waals surface area contributed by atoms with E-state index in [9.17, 15) is 13.2 Å². The van der Waals surface area contributed by atoms with Crippen LogP contribution in [0.15, 0.2) is 29.2 Å². The molecule has 1 aliphatic heterocycles. The number of nitrogens with zero attached hydrogens (tertiary/aromatic N) is 2. The van der Waals surface area contributed by atoms with Crippen molar-refractivity contribution in [3.8, 4) is 0 Å². The molecule has 1 heterocycles. The molecule has 0 radical (unpaired) electrons. The molecule has 2 rings (SSSR count). The van der Waals surface area contributed by atoms with Crippen molar-refractivity contribution >= 4 is 15.9 Å². The van der Waals surface area contributed by atoms with E-state index in [1.54, 1.807) is 4.90 Å². The molecule has 1 unspecified atom stereocenters. The van der Waals surface area contributed by atoms with Crippen molar-refractivity contribution in [2.24, 2.45) is 0 Å². The summed E-state index contributed by atoms with van der Waals surface area (Å²) in [6.07, 6.45) is 2.07. The first-order valence-corrected chi connectivity index (χ1v) is 9.38. The van der Waals surface area contributed by atoms with Crippen molar-refractivity contribution in [1.29, 1.82) is 0 Å². The van der Waals surface area contributed by atoms with Crippen LogP contribution in [0.25, 0.3) is 0 Å². The Labute approximate surface area is 143 Å². The lowest BCUT2D eigenvalue weighted by atomic mass is 10.1. The second kappa shape index (κ2) is 8.06. The maximum absolute atomic E-state index is 12.6. The zero-order valence-electron chi connectivity index (χ0n) is 14.3. The maximum Gasteiger partial charge on any atom is 0.264 e. The largest absolute Gasteiger partial charge is 0.376 e. The second-order valence-corrected chi connectivity index (χ2v) is 7.54. The van der Waals surface area contributed by atoms with Crippen LogP contribution in [-0.4, -0.2) is 63.7 Å². The normalized spacial score (nSPS) is 18.1. The third kappa shape index (κ3) is 4.13. The summed E-state index contributed by atoms with van der Waals surface area (Å²) in [6.45, 7) is 3.79. The van der Waals surface area contributed by atoms with Crippen LogP contribution in [0, 0.1) is 0 Å². The molecule has 1 atom stereocenters. The summed E-state index contributed by atoms with van der Waals surface area (Å²) in [5.41, 5.74) is 0.453. The van der Waals surface area contributed by atoms with Crippen molar-refractivity contribution in [2.75, 3.05) is 33.9 Å². The Morgan fingerprint density at radius 1 is 1.33 bits per heavy atom. The first-order valence-electron chi connectivity index (χ1n) is 7.94. The van der Waals surface area contributed by atoms with E-state index in [0.29, 0.717) is 18.7 Å². The number of ether oxygens (including phenoxy) is 1. The number of carbonyl (C=O) groups excluding carboxylic acids is 1. The van der Waals surface area contributed by atoms with Crippen LogP contribution in [0.5, 0.6) is 0 Å². The molecule has 134 valence electrons. The number of rotatable bonds is 7. The van der Waals surface area contributed by atoms with Gasteiger partial charge in [0, 0.05) is 32.3 Å². The lowest BCUT2D eigenvalue weighted by Gasteiger charge is -2.24. The van der Waals surface area contributed by atoms with E-state index < -0.39 is 10.0 Å². The Morgan fingerprint density at radius 3 is 2.50 bits per heavy atom. The molecule has 1 aliphatic rings. The first-order chi connectivity index (χ1) is 11.4. The van der Waals surface area contributed by atoms with Crippen molar-refractivity contribution in [3.05, 3.63) is 29.8 Å². The molecule has 0 spiro atoms. The maximum atomic E-state index is 12.6. The highest BCUT2D eigenvalue weighted by atomic mass is 32.2. The van der Waals surface area contributed by atoms with E-state index in [-0.39, 0.29) is 16.9 Å². The molecule has 0 bridgehead atoms. The molecule has 1 fully saturated rings. The number of hydroxylamine groups is 1. The summed E-state index contributed by atoms with van der Waals surface area (Å²) >= 11 is 0. The molecule has 0 N–H and O–H groups in total. The van der Waals surface area contributed by atoms with E-state index in [1.165, 1.54) is 38.4 Å². The number of benzene rings is 1. The first kappa shape index (κ1) is 18.9. The number of hydrogen-bond donors (Lipinski definition) is 0. The van der Waals surface area contributed by atoms with Crippen LogP contribution in [0.4, 0.5) is 0 Å². The Morgan fingerprint density at radius 2 is 2.00 bits per heavy atom. The SMILES string of the molecule is CCN(CC1CCCO1)C(=O)c1ccc(S(=O)(=O)N(C)OC)cc1. The molecular formula is C16H24N2O5S. The Kier molecular flexibility index (Phi) is 6.34. The predicted molar refractivity (Wildman–Crippen MR) is 89.0 cm³/mol. The smallest absolute Gasteiger partial charge is 0.264 e. The topological polar surface area (TPSA) is 76.2 Å². The standard InChI is InChI=1S/C16H24N2O5S/c1-4-18(12-14-6-5-11-23-14)16(19)13-7-9-15(10-8-13)24(20,21)17(2)22-3/h7-10,14H,4-6,11-12H2,1-3H3. The predicted octanol–water partition coefficient (Wildman–Crippen LogP) is 1.51. The van der Waals surface area contributed by atoms with Gasteiger partial charge in [-0.05, 0) is 44.0 Å². The Balaban J connectivity index is 2.12. The van der Waals surface area contributed by atoms with Gasteiger partial charge in [0.2, 0.25) is 0 Å². The van der Waals surface area contributed by atoms with E-state index in [1.807, 2.05) is 6.92 Å². The fraction of sp³-hybridized carbons (Fsp3) is 0.562. The van der Waals surface area contributed by atoms with Crippen LogP contribution in [-0.2, 0) is 19.6 Å². The second-order valence-electron chi connectivity index (χ2n) is 5.60. The van der Waals surface area contributed by atoms with Gasteiger partial charge in [-0.25, -0.2) is 8.42 Å². The van der Waals surface area contributed by atoms with Crippen LogP contribution < -0.4 is 0 Å². The minimum atomic E-state index is -3.71. The highest BCUT2D eigenvalue weighted by Gasteiger charge is 2.24. The van der Waals surface area contributed by atoms with Gasteiger partial charge in [0.25, 0.3) is 15.9 Å². The number of carbonyl (C=O) groups is 1. The Hall–Kier alpha value is -1.48. The highest BCUT2D eigenvalue weighted by molar-refractivity contribution is 7.89. The molecule has 24 heavy (non-hydrogen) atoms. The highest BCUT2D eigenvalue weighted by Crippen LogP contribution is 2.18. The minimum absolute atomic E-state index is 0.0746. The molecule has 1 aromatic rings. The third-order valence-corrected chi connectivity index (χ3v) is 5.81. The summed E-state index contributed by atoms with van der Waals surface area (Å²) in [5.74, 6) is -0.128. The summed E-state index contributed by atoms with van der Waals surface area (Å²) < 4.78 is 30.7. The number of likely N-dealkylation sites (N-methyl/N-ethyl adjacent to an activating group) is 1. The van der Waals surface area contributed by atoms with E-state index in [0.717, 1.165) is 23.9 Å². The molecule has 0 saturated carbocycles. The molecule has 1 saturated heterocycles. The average Bonchev–Trinajstić information content (AvgIpc) is 3.11. The Bertz CT molecular complexity index is 654. The van der Waals surface area contributed by atoms with Gasteiger partial charge in [-0.3, -0.25) is 9.63 Å². The van der Waals surface area contributed by atoms with Gasteiger partial charge >= 0.3 is 0 Å². The van der Waals surface area contributed by atoms with Crippen molar-refractivity contribution in [3.63, 3.8) is 0 Å². The van der Waals surface area contributed by atoms with Gasteiger partial charge in [-0.2, -0.15) is 0 Å². The summed E-state index contributed by atoms with van der Waals surface area (Å²) in [4.78, 5) is 19.1. The average molecular weight is 356 g/mol. The van der Waals surface area contributed by atoms with Crippen molar-refractivity contribution in [1.82, 2.24) is 9.37 Å². The van der Waals surface area contributed by atoms with Gasteiger partial charge in [-0.1, -0.05) is 4.47 Å². The van der Waals surface area contributed by atoms with Crippen LogP contribution in [0.1, 0.15) is 30.1 Å². The zero-order chi connectivity index (χ0) is 17.7. The fourth-order valence-corrected chi connectivity index (χ4v) is 3.56. The van der Waals surface area contributed by atoms with E-state index in [4.69, 9.17) is 9.57 Å². The lowest BCUT2D eigenvalue weighted by molar-refractivity contribution is -0.0258. The van der Waals surface area contributed by atoms with Crippen molar-refractivity contribution < 1.29 is 22.8 Å². The third-order valence-electron chi connectivity index (χ3n) is 4.11. The van der Waals surface area contributed by atoms with Gasteiger partial charge < -0.3 is 9.64 Å². The van der Waals surface area contributed by atoms with E-state index in [2.05, 4.69) is 0 Å². The number of hydrogen-bond acceptors (Lipinski definition) is 5. The van der Waals surface area contributed by atoms with Gasteiger partial charge in [0.05, 0.1) is 18.1 Å². The molecule has 1 aromatic carbocycles. The van der Waals surface area contributed by atoms with Crippen molar-refractivity contribution in [2.45, 2.75) is 30.8 Å². The molecule has 1 amide bonds. The van der Waals surface area contributed by atoms with E-state index >= 15 is 0 Å². The monoisotopic (exact) mass is 356 g/mol. The fourth-order valence-electron chi connectivity index (χ4n) is 2.59. The van der Waals surface area contributed by atoms with Gasteiger partial charge in [0.1, 0.15) is 0 Å². The van der Waals surface area contributed by atoms with Gasteiger partial charge in [0.15, 0.2) is 0 Å². The number of sulfonamides is 1. The zero-order valence-corrected chi connectivity index (χ0v) is 15.1. The van der Waals surface area contributed by atoms with Gasteiger partial charge in [-0.15, -0.1) is 0 Å². The molecule has 0 aliphatic carbocycles. The quantitative estimate of drug-likeness (QED) is 0.692. The van der Waals surface area contributed by atoms with Crippen LogP contribution >= 0.6 is 0 Å². The molecule has 0 aromatic heterocycles. The lowest BCUT2D eigenvalue weighted by Crippen LogP contribution is -2.37. The summed E-state index contributed by atoms with van der Waals surface area (Å²) in [5, 5.41) is 0. The minimum Gasteiger partial charge on any atom is -0.376 e.